The standard InChI is InChI=1S/C20H21F2NO5/c1-3-27-17-10-13(8-9-16(17)28-20(21)22)12-23(2)18(24)11-14-6-4-5-7-15(14)19(25)26/h4-10,20H,3,11-12H2,1-2H3,(H,25,26). The Balaban J connectivity index is 2.11. The summed E-state index contributed by atoms with van der Waals surface area (Å²) in [5.41, 5.74) is 1.16. The number of carbonyl (C=O) groups is 2. The zero-order chi connectivity index (χ0) is 20.7. The Bertz CT molecular complexity index is 841. The van der Waals surface area contributed by atoms with E-state index in [0.717, 1.165) is 0 Å². The third kappa shape index (κ3) is 5.67. The molecule has 0 bridgehead atoms. The number of alkyl halides is 2. The molecule has 0 spiro atoms. The fraction of sp³-hybridized carbons (Fsp3) is 0.300. The maximum atomic E-state index is 12.5. The molecule has 150 valence electrons. The van der Waals surface area contributed by atoms with E-state index < -0.39 is 12.6 Å². The number of hydrogen-bond acceptors (Lipinski definition) is 4. The van der Waals surface area contributed by atoms with Crippen LogP contribution in [-0.4, -0.2) is 42.1 Å². The van der Waals surface area contributed by atoms with Gasteiger partial charge in [0.1, 0.15) is 0 Å². The molecule has 0 aliphatic rings. The second-order valence-electron chi connectivity index (χ2n) is 5.98. The van der Waals surface area contributed by atoms with Gasteiger partial charge in [-0.3, -0.25) is 4.79 Å². The topological polar surface area (TPSA) is 76.1 Å². The molecule has 0 aliphatic carbocycles. The van der Waals surface area contributed by atoms with Gasteiger partial charge in [-0.15, -0.1) is 0 Å². The lowest BCUT2D eigenvalue weighted by Crippen LogP contribution is -2.28. The van der Waals surface area contributed by atoms with E-state index in [0.29, 0.717) is 11.1 Å². The Labute approximate surface area is 161 Å². The van der Waals surface area contributed by atoms with Crippen LogP contribution in [0.25, 0.3) is 0 Å². The average molecular weight is 393 g/mol. The minimum atomic E-state index is -2.97. The largest absolute Gasteiger partial charge is 0.490 e. The van der Waals surface area contributed by atoms with Gasteiger partial charge in [0.2, 0.25) is 5.91 Å². The van der Waals surface area contributed by atoms with Crippen molar-refractivity contribution in [1.82, 2.24) is 4.90 Å². The molecule has 0 aromatic heterocycles. The molecule has 0 unspecified atom stereocenters. The zero-order valence-electron chi connectivity index (χ0n) is 15.5. The summed E-state index contributed by atoms with van der Waals surface area (Å²) in [5, 5.41) is 9.22. The van der Waals surface area contributed by atoms with E-state index in [2.05, 4.69) is 4.74 Å². The normalized spacial score (nSPS) is 10.6. The Hall–Kier alpha value is -3.16. The first-order valence-electron chi connectivity index (χ1n) is 8.57. The van der Waals surface area contributed by atoms with Gasteiger partial charge in [0.25, 0.3) is 0 Å². The summed E-state index contributed by atoms with van der Waals surface area (Å²) in [7, 11) is 1.58. The van der Waals surface area contributed by atoms with Crippen LogP contribution in [0.3, 0.4) is 0 Å². The molecule has 0 aliphatic heterocycles. The van der Waals surface area contributed by atoms with E-state index in [9.17, 15) is 23.5 Å². The Morgan fingerprint density at radius 2 is 1.86 bits per heavy atom. The molecule has 2 aromatic carbocycles. The van der Waals surface area contributed by atoms with Gasteiger partial charge in [0, 0.05) is 13.6 Å². The van der Waals surface area contributed by atoms with Gasteiger partial charge < -0.3 is 19.5 Å². The summed E-state index contributed by atoms with van der Waals surface area (Å²) >= 11 is 0. The quantitative estimate of drug-likeness (QED) is 0.705. The number of benzene rings is 2. The maximum Gasteiger partial charge on any atom is 0.387 e. The second-order valence-corrected chi connectivity index (χ2v) is 5.98. The zero-order valence-corrected chi connectivity index (χ0v) is 15.5. The van der Waals surface area contributed by atoms with Crippen molar-refractivity contribution >= 4 is 11.9 Å². The van der Waals surface area contributed by atoms with E-state index in [4.69, 9.17) is 4.74 Å². The molecule has 0 heterocycles. The highest BCUT2D eigenvalue weighted by atomic mass is 19.3. The summed E-state index contributed by atoms with van der Waals surface area (Å²) in [6.45, 7) is -0.787. The third-order valence-corrected chi connectivity index (χ3v) is 3.96. The molecule has 0 atom stereocenters. The van der Waals surface area contributed by atoms with Crippen molar-refractivity contribution in [3.63, 3.8) is 0 Å². The number of nitrogens with zero attached hydrogens (tertiary/aromatic N) is 1. The molecule has 2 aromatic rings. The molecule has 6 nitrogen and oxygen atoms in total. The molecular formula is C20H21F2NO5. The first-order chi connectivity index (χ1) is 13.3. The first-order valence-corrected chi connectivity index (χ1v) is 8.57. The minimum Gasteiger partial charge on any atom is -0.490 e. The van der Waals surface area contributed by atoms with Crippen molar-refractivity contribution in [3.05, 3.63) is 59.2 Å². The summed E-state index contributed by atoms with van der Waals surface area (Å²) < 4.78 is 34.7. The Morgan fingerprint density at radius 1 is 1.14 bits per heavy atom. The molecule has 2 rings (SSSR count). The van der Waals surface area contributed by atoms with Gasteiger partial charge in [-0.25, -0.2) is 4.79 Å². The van der Waals surface area contributed by atoms with Crippen LogP contribution >= 0.6 is 0 Å². The predicted molar refractivity (Wildman–Crippen MR) is 97.8 cm³/mol. The fourth-order valence-corrected chi connectivity index (χ4v) is 2.66. The first kappa shape index (κ1) is 21.1. The number of aromatic carboxylic acids is 1. The van der Waals surface area contributed by atoms with Crippen LogP contribution in [0.5, 0.6) is 11.5 Å². The lowest BCUT2D eigenvalue weighted by Gasteiger charge is -2.19. The summed E-state index contributed by atoms with van der Waals surface area (Å²) in [4.78, 5) is 25.2. The molecule has 1 N–H and O–H groups in total. The lowest BCUT2D eigenvalue weighted by molar-refractivity contribution is -0.129. The van der Waals surface area contributed by atoms with Gasteiger partial charge >= 0.3 is 12.6 Å². The Kier molecular flexibility index (Phi) is 7.31. The third-order valence-electron chi connectivity index (χ3n) is 3.96. The van der Waals surface area contributed by atoms with Gasteiger partial charge in [-0.2, -0.15) is 8.78 Å². The van der Waals surface area contributed by atoms with Crippen molar-refractivity contribution < 1.29 is 33.0 Å². The van der Waals surface area contributed by atoms with Crippen LogP contribution in [-0.2, 0) is 17.8 Å². The predicted octanol–water partition coefficient (Wildman–Crippen LogP) is 3.59. The lowest BCUT2D eigenvalue weighted by atomic mass is 10.0. The van der Waals surface area contributed by atoms with Crippen LogP contribution < -0.4 is 9.47 Å². The van der Waals surface area contributed by atoms with Crippen LogP contribution in [0.15, 0.2) is 42.5 Å². The second kappa shape index (κ2) is 9.68. The number of carbonyl (C=O) groups excluding carboxylic acids is 1. The number of likely N-dealkylation sites (N-methyl/N-ethyl adjacent to an activating group) is 1. The summed E-state index contributed by atoms with van der Waals surface area (Å²) in [6, 6.07) is 10.8. The number of rotatable bonds is 9. The molecule has 0 saturated carbocycles. The van der Waals surface area contributed by atoms with Gasteiger partial charge in [-0.05, 0) is 36.2 Å². The van der Waals surface area contributed by atoms with E-state index in [-0.39, 0.29) is 42.5 Å². The van der Waals surface area contributed by atoms with Crippen LogP contribution in [0.1, 0.15) is 28.4 Å². The molecule has 0 saturated heterocycles. The molecule has 8 heteroatoms. The number of halogens is 2. The molecule has 0 fully saturated rings. The monoisotopic (exact) mass is 393 g/mol. The molecule has 0 radical (unpaired) electrons. The van der Waals surface area contributed by atoms with E-state index in [1.54, 1.807) is 38.2 Å². The number of ether oxygens (including phenoxy) is 2. The molecule has 28 heavy (non-hydrogen) atoms. The van der Waals surface area contributed by atoms with E-state index >= 15 is 0 Å². The minimum absolute atomic E-state index is 0.0656. The van der Waals surface area contributed by atoms with Crippen LogP contribution in [0, 0.1) is 0 Å². The number of carboxylic acid groups (broad SMARTS) is 1. The number of amides is 1. The molecule has 1 amide bonds. The average Bonchev–Trinajstić information content (AvgIpc) is 2.64. The van der Waals surface area contributed by atoms with Gasteiger partial charge in [0.05, 0.1) is 18.6 Å². The summed E-state index contributed by atoms with van der Waals surface area (Å²) in [5.74, 6) is -1.29. The van der Waals surface area contributed by atoms with Crippen molar-refractivity contribution in [1.29, 1.82) is 0 Å². The van der Waals surface area contributed by atoms with Gasteiger partial charge in [-0.1, -0.05) is 24.3 Å². The summed E-state index contributed by atoms with van der Waals surface area (Å²) in [6.07, 6.45) is -0.0656. The SMILES string of the molecule is CCOc1cc(CN(C)C(=O)Cc2ccccc2C(=O)O)ccc1OC(F)F. The van der Waals surface area contributed by atoms with Crippen molar-refractivity contribution in [2.45, 2.75) is 26.5 Å². The van der Waals surface area contributed by atoms with Gasteiger partial charge in [0.15, 0.2) is 11.5 Å². The maximum absolute atomic E-state index is 12.5. The van der Waals surface area contributed by atoms with Crippen LogP contribution in [0.2, 0.25) is 0 Å². The smallest absolute Gasteiger partial charge is 0.387 e. The van der Waals surface area contributed by atoms with E-state index in [1.807, 2.05) is 0 Å². The number of hydrogen-bond donors (Lipinski definition) is 1. The highest BCUT2D eigenvalue weighted by Gasteiger charge is 2.17. The Morgan fingerprint density at radius 3 is 2.50 bits per heavy atom. The fourth-order valence-electron chi connectivity index (χ4n) is 2.66. The van der Waals surface area contributed by atoms with E-state index in [1.165, 1.54) is 23.1 Å². The van der Waals surface area contributed by atoms with Crippen molar-refractivity contribution in [2.24, 2.45) is 0 Å². The molecular weight excluding hydrogens is 372 g/mol. The highest BCUT2D eigenvalue weighted by Crippen LogP contribution is 2.30. The van der Waals surface area contributed by atoms with Crippen LogP contribution in [0.4, 0.5) is 8.78 Å². The van der Waals surface area contributed by atoms with Crippen molar-refractivity contribution in [3.8, 4) is 11.5 Å². The van der Waals surface area contributed by atoms with Crippen molar-refractivity contribution in [2.75, 3.05) is 13.7 Å². The highest BCUT2D eigenvalue weighted by molar-refractivity contribution is 5.91. The number of carboxylic acids is 1.